The highest BCUT2D eigenvalue weighted by atomic mass is 32.2. The van der Waals surface area contributed by atoms with Gasteiger partial charge in [-0.25, -0.2) is 5.84 Å². The summed E-state index contributed by atoms with van der Waals surface area (Å²) in [6.45, 7) is 0. The molecule has 5 N–H and O–H groups in total. The fourth-order valence-electron chi connectivity index (χ4n) is 0.800. The Labute approximate surface area is 81.7 Å². The average molecular weight is 214 g/mol. The Kier molecular flexibility index (Phi) is 3.05. The van der Waals surface area contributed by atoms with Gasteiger partial charge in [0.25, 0.3) is 10.0 Å². The number of nitrogens with one attached hydrogen (secondary N) is 1. The number of benzene rings is 1. The Morgan fingerprint density at radius 2 is 1.86 bits per heavy atom. The Hall–Kier alpha value is -1.60. The molecule has 0 unspecified atom stereocenters. The van der Waals surface area contributed by atoms with Crippen LogP contribution in [-0.2, 0) is 10.0 Å². The van der Waals surface area contributed by atoms with Gasteiger partial charge in [-0.15, -0.1) is 4.40 Å². The van der Waals surface area contributed by atoms with Gasteiger partial charge in [0.05, 0.1) is 4.90 Å². The molecule has 1 aromatic carbocycles. The third-order valence-corrected chi connectivity index (χ3v) is 2.69. The summed E-state index contributed by atoms with van der Waals surface area (Å²) in [6, 6.07) is 5.72. The molecule has 0 fully saturated rings. The van der Waals surface area contributed by atoms with E-state index in [4.69, 9.17) is 11.6 Å². The van der Waals surface area contributed by atoms with Crippen molar-refractivity contribution >= 4 is 22.0 Å². The molecular weight excluding hydrogens is 204 g/mol. The van der Waals surface area contributed by atoms with Crippen LogP contribution in [0.3, 0.4) is 0 Å². The van der Waals surface area contributed by atoms with Crippen molar-refractivity contribution in [1.29, 1.82) is 0 Å². The molecule has 0 amide bonds. The second-order valence-electron chi connectivity index (χ2n) is 2.45. The highest BCUT2D eigenvalue weighted by molar-refractivity contribution is 7.90. The Morgan fingerprint density at radius 1 is 1.29 bits per heavy atom. The molecule has 0 aliphatic heterocycles. The molecule has 0 saturated carbocycles. The summed E-state index contributed by atoms with van der Waals surface area (Å²) in [5, 5.41) is 0. The summed E-state index contributed by atoms with van der Waals surface area (Å²) >= 11 is 0. The zero-order valence-electron chi connectivity index (χ0n) is 7.21. The van der Waals surface area contributed by atoms with Gasteiger partial charge in [0.1, 0.15) is 6.34 Å². The van der Waals surface area contributed by atoms with Crippen molar-refractivity contribution < 1.29 is 8.42 Å². The Morgan fingerprint density at radius 3 is 2.36 bits per heavy atom. The third kappa shape index (κ3) is 2.44. The number of anilines is 1. The van der Waals surface area contributed by atoms with Crippen molar-refractivity contribution in [3.63, 3.8) is 0 Å². The predicted octanol–water partition coefficient (Wildman–Crippen LogP) is -0.551. The van der Waals surface area contributed by atoms with Crippen molar-refractivity contribution in [2.24, 2.45) is 10.2 Å². The molecule has 7 heteroatoms. The Bertz CT molecular complexity index is 424. The normalized spacial score (nSPS) is 11.8. The molecule has 0 radical (unpaired) electrons. The van der Waals surface area contributed by atoms with Crippen molar-refractivity contribution in [3.05, 3.63) is 24.3 Å². The summed E-state index contributed by atoms with van der Waals surface area (Å²) in [7, 11) is -3.67. The standard InChI is InChI=1S/C7H10N4O2S/c8-6-1-3-7(4-2-6)14(12,13)11-5-10-9/h1-5H,8-9H2,(H,10,11). The molecule has 76 valence electrons. The highest BCUT2D eigenvalue weighted by Crippen LogP contribution is 2.13. The van der Waals surface area contributed by atoms with Crippen molar-refractivity contribution in [2.75, 3.05) is 5.73 Å². The molecule has 0 atom stereocenters. The van der Waals surface area contributed by atoms with Crippen LogP contribution in [0.25, 0.3) is 0 Å². The summed E-state index contributed by atoms with van der Waals surface area (Å²) < 4.78 is 26.0. The maximum Gasteiger partial charge on any atom is 0.283 e. The number of hydrogen-bond acceptors (Lipinski definition) is 4. The topological polar surface area (TPSA) is 111 Å². The SMILES string of the molecule is NNC=NS(=O)(=O)c1ccc(N)cc1. The smallest absolute Gasteiger partial charge is 0.283 e. The van der Waals surface area contributed by atoms with Crippen LogP contribution in [0.1, 0.15) is 0 Å². The van der Waals surface area contributed by atoms with E-state index in [0.29, 0.717) is 5.69 Å². The van der Waals surface area contributed by atoms with Gasteiger partial charge in [-0.1, -0.05) is 0 Å². The lowest BCUT2D eigenvalue weighted by Crippen LogP contribution is -2.20. The van der Waals surface area contributed by atoms with Gasteiger partial charge in [0, 0.05) is 5.69 Å². The predicted molar refractivity (Wildman–Crippen MR) is 53.9 cm³/mol. The van der Waals surface area contributed by atoms with Crippen LogP contribution in [-0.4, -0.2) is 14.8 Å². The number of rotatable bonds is 3. The van der Waals surface area contributed by atoms with E-state index in [1.54, 1.807) is 0 Å². The van der Waals surface area contributed by atoms with Crippen molar-refractivity contribution in [2.45, 2.75) is 4.90 Å². The quantitative estimate of drug-likeness (QED) is 0.205. The first-order valence-electron chi connectivity index (χ1n) is 3.67. The lowest BCUT2D eigenvalue weighted by molar-refractivity contribution is 0.598. The fourth-order valence-corrected chi connectivity index (χ4v) is 1.60. The molecule has 0 aliphatic rings. The zero-order valence-corrected chi connectivity index (χ0v) is 8.03. The summed E-state index contributed by atoms with van der Waals surface area (Å²) in [6.07, 6.45) is 0.895. The maximum absolute atomic E-state index is 11.4. The minimum absolute atomic E-state index is 0.0678. The van der Waals surface area contributed by atoms with E-state index in [1.807, 2.05) is 5.43 Å². The third-order valence-electron chi connectivity index (χ3n) is 1.44. The molecule has 14 heavy (non-hydrogen) atoms. The molecule has 0 aliphatic carbocycles. The number of hydrazine groups is 1. The van der Waals surface area contributed by atoms with E-state index in [1.165, 1.54) is 24.3 Å². The first-order valence-corrected chi connectivity index (χ1v) is 5.11. The average Bonchev–Trinajstić information content (AvgIpc) is 2.16. The monoisotopic (exact) mass is 214 g/mol. The Balaban J connectivity index is 3.05. The molecule has 1 rings (SSSR count). The van der Waals surface area contributed by atoms with Gasteiger partial charge in [0.2, 0.25) is 0 Å². The van der Waals surface area contributed by atoms with Gasteiger partial charge in [0.15, 0.2) is 0 Å². The molecule has 0 heterocycles. The lowest BCUT2D eigenvalue weighted by atomic mass is 10.3. The van der Waals surface area contributed by atoms with Gasteiger partial charge in [-0.2, -0.15) is 8.42 Å². The van der Waals surface area contributed by atoms with E-state index >= 15 is 0 Å². The van der Waals surface area contributed by atoms with Gasteiger partial charge in [-0.3, -0.25) is 0 Å². The van der Waals surface area contributed by atoms with E-state index in [0.717, 1.165) is 6.34 Å². The molecule has 6 nitrogen and oxygen atoms in total. The van der Waals surface area contributed by atoms with Gasteiger partial charge in [-0.05, 0) is 24.3 Å². The van der Waals surface area contributed by atoms with Crippen LogP contribution in [0.2, 0.25) is 0 Å². The second kappa shape index (κ2) is 4.07. The number of hydrogen-bond donors (Lipinski definition) is 3. The van der Waals surface area contributed by atoms with Gasteiger partial charge >= 0.3 is 0 Å². The molecule has 0 saturated heterocycles. The molecule has 0 spiro atoms. The number of nitrogen functional groups attached to an aromatic ring is 1. The molecular formula is C7H10N4O2S. The maximum atomic E-state index is 11.4. The number of nitrogens with zero attached hydrogens (tertiary/aromatic N) is 1. The van der Waals surface area contributed by atoms with E-state index in [9.17, 15) is 8.42 Å². The van der Waals surface area contributed by atoms with Crippen molar-refractivity contribution in [3.8, 4) is 0 Å². The lowest BCUT2D eigenvalue weighted by Gasteiger charge is -1.98. The minimum atomic E-state index is -3.67. The van der Waals surface area contributed by atoms with Gasteiger partial charge < -0.3 is 11.2 Å². The van der Waals surface area contributed by atoms with Crippen LogP contribution in [0.4, 0.5) is 5.69 Å². The first-order chi connectivity index (χ1) is 6.56. The van der Waals surface area contributed by atoms with Crippen LogP contribution in [0, 0.1) is 0 Å². The summed E-state index contributed by atoms with van der Waals surface area (Å²) in [4.78, 5) is 0.0678. The minimum Gasteiger partial charge on any atom is -0.399 e. The van der Waals surface area contributed by atoms with Crippen LogP contribution >= 0.6 is 0 Å². The second-order valence-corrected chi connectivity index (χ2v) is 4.08. The number of nitrogens with two attached hydrogens (primary N) is 2. The largest absolute Gasteiger partial charge is 0.399 e. The highest BCUT2D eigenvalue weighted by Gasteiger charge is 2.10. The first kappa shape index (κ1) is 10.5. The van der Waals surface area contributed by atoms with Crippen LogP contribution < -0.4 is 17.0 Å². The van der Waals surface area contributed by atoms with Crippen LogP contribution in [0.5, 0.6) is 0 Å². The number of sulfonamides is 1. The molecule has 0 bridgehead atoms. The van der Waals surface area contributed by atoms with E-state index in [-0.39, 0.29) is 4.90 Å². The summed E-state index contributed by atoms with van der Waals surface area (Å²) in [5.74, 6) is 4.85. The van der Waals surface area contributed by atoms with Crippen LogP contribution in [0.15, 0.2) is 33.6 Å². The zero-order chi connectivity index (χ0) is 10.6. The van der Waals surface area contributed by atoms with E-state index < -0.39 is 10.0 Å². The molecule has 0 aromatic heterocycles. The fraction of sp³-hybridized carbons (Fsp3) is 0. The van der Waals surface area contributed by atoms with Crippen molar-refractivity contribution in [1.82, 2.24) is 5.43 Å². The summed E-state index contributed by atoms with van der Waals surface area (Å²) in [5.41, 5.74) is 7.90. The van der Waals surface area contributed by atoms with E-state index in [2.05, 4.69) is 4.40 Å². The molecule has 1 aromatic rings.